The van der Waals surface area contributed by atoms with Gasteiger partial charge < -0.3 is 5.73 Å². The lowest BCUT2D eigenvalue weighted by atomic mass is 10.1. The van der Waals surface area contributed by atoms with Crippen LogP contribution in [-0.4, -0.2) is 16.2 Å². The van der Waals surface area contributed by atoms with E-state index in [1.807, 2.05) is 20.8 Å². The summed E-state index contributed by atoms with van der Waals surface area (Å²) < 4.78 is 6.90. The van der Waals surface area contributed by atoms with Gasteiger partial charge in [-0.25, -0.2) is 4.98 Å². The molecule has 1 aliphatic rings. The van der Waals surface area contributed by atoms with E-state index in [9.17, 15) is 4.79 Å². The van der Waals surface area contributed by atoms with Crippen molar-refractivity contribution in [2.45, 2.75) is 39.7 Å². The van der Waals surface area contributed by atoms with Crippen LogP contribution in [0.4, 0.5) is 11.6 Å². The summed E-state index contributed by atoms with van der Waals surface area (Å²) in [6.45, 7) is 5.98. The fourth-order valence-electron chi connectivity index (χ4n) is 2.73. The largest absolute Gasteiger partial charge is 0.397 e. The van der Waals surface area contributed by atoms with Crippen molar-refractivity contribution >= 4 is 39.0 Å². The van der Waals surface area contributed by atoms with Crippen LogP contribution < -0.4 is 15.7 Å². The third-order valence-electron chi connectivity index (χ3n) is 4.52. The average molecular weight is 344 g/mol. The number of rotatable bonds is 3. The Labute approximate surface area is 142 Å². The van der Waals surface area contributed by atoms with Gasteiger partial charge in [0.2, 0.25) is 5.27 Å². The Morgan fingerprint density at radius 1 is 1.38 bits per heavy atom. The number of thiophene rings is 1. The van der Waals surface area contributed by atoms with Gasteiger partial charge in [-0.1, -0.05) is 0 Å². The lowest BCUT2D eigenvalue weighted by molar-refractivity contribution is -0.765. The topological polar surface area (TPSA) is 97.9 Å². The zero-order valence-corrected chi connectivity index (χ0v) is 14.5. The van der Waals surface area contributed by atoms with E-state index in [2.05, 4.69) is 15.6 Å². The third-order valence-corrected chi connectivity index (χ3v) is 5.62. The van der Waals surface area contributed by atoms with Gasteiger partial charge in [-0.2, -0.15) is 0 Å². The van der Waals surface area contributed by atoms with Crippen LogP contribution in [0.15, 0.2) is 10.7 Å². The highest BCUT2D eigenvalue weighted by molar-refractivity contribution is 7.21. The van der Waals surface area contributed by atoms with E-state index in [1.165, 1.54) is 11.3 Å². The lowest BCUT2D eigenvalue weighted by Crippen LogP contribution is -2.32. The molecule has 124 valence electrons. The van der Waals surface area contributed by atoms with E-state index < -0.39 is 0 Å². The molecule has 1 saturated carbocycles. The molecule has 24 heavy (non-hydrogen) atoms. The zero-order valence-electron chi connectivity index (χ0n) is 13.7. The number of aromatic nitrogens is 3. The number of carbonyl (C=O) groups is 1. The number of nitrogen functional groups attached to an aromatic ring is 1. The van der Waals surface area contributed by atoms with Crippen molar-refractivity contribution in [2.75, 3.05) is 11.1 Å². The Hall–Kier alpha value is -2.48. The van der Waals surface area contributed by atoms with Gasteiger partial charge in [0, 0.05) is 23.9 Å². The van der Waals surface area contributed by atoms with Crippen LogP contribution in [0.2, 0.25) is 0 Å². The second-order valence-electron chi connectivity index (χ2n) is 6.20. The van der Waals surface area contributed by atoms with Gasteiger partial charge >= 0.3 is 5.88 Å². The predicted molar refractivity (Wildman–Crippen MR) is 91.2 cm³/mol. The molecule has 1 amide bonds. The minimum atomic E-state index is -0.302. The molecule has 8 heteroatoms. The summed E-state index contributed by atoms with van der Waals surface area (Å²) in [4.78, 5) is 18.4. The Morgan fingerprint density at radius 3 is 2.83 bits per heavy atom. The first-order valence-electron chi connectivity index (χ1n) is 7.81. The van der Waals surface area contributed by atoms with E-state index in [0.717, 1.165) is 39.9 Å². The maximum absolute atomic E-state index is 12.6. The normalized spacial score (nSPS) is 14.3. The van der Waals surface area contributed by atoms with Crippen molar-refractivity contribution in [2.24, 2.45) is 0 Å². The minimum absolute atomic E-state index is 0.302. The molecule has 0 atom stereocenters. The summed E-state index contributed by atoms with van der Waals surface area (Å²) in [5.41, 5.74) is 9.82. The molecular formula is C16H18N5O2S+. The van der Waals surface area contributed by atoms with Crippen LogP contribution in [0, 0.1) is 20.8 Å². The molecule has 0 aromatic carbocycles. The van der Waals surface area contributed by atoms with Crippen LogP contribution in [0.3, 0.4) is 0 Å². The molecule has 0 radical (unpaired) electrons. The van der Waals surface area contributed by atoms with E-state index in [0.29, 0.717) is 22.5 Å². The zero-order chi connectivity index (χ0) is 17.0. The maximum Gasteiger partial charge on any atom is 0.302 e. The molecule has 7 nitrogen and oxygen atoms in total. The smallest absolute Gasteiger partial charge is 0.302 e. The molecule has 0 saturated heterocycles. The van der Waals surface area contributed by atoms with Crippen LogP contribution in [-0.2, 0) is 0 Å². The van der Waals surface area contributed by atoms with Gasteiger partial charge in [0.15, 0.2) is 6.04 Å². The number of amides is 1. The second kappa shape index (κ2) is 5.27. The van der Waals surface area contributed by atoms with Crippen molar-refractivity contribution in [3.8, 4) is 0 Å². The summed E-state index contributed by atoms with van der Waals surface area (Å²) in [5, 5.41) is 7.50. The number of carbonyl (C=O) groups excluding carboxylic acids is 1. The lowest BCUT2D eigenvalue weighted by Gasteiger charge is -2.05. The molecule has 0 spiro atoms. The van der Waals surface area contributed by atoms with Crippen LogP contribution >= 0.6 is 11.3 Å². The van der Waals surface area contributed by atoms with Crippen molar-refractivity contribution < 1.29 is 14.0 Å². The van der Waals surface area contributed by atoms with Crippen LogP contribution in [0.25, 0.3) is 10.2 Å². The van der Waals surface area contributed by atoms with Gasteiger partial charge in [0.05, 0.1) is 5.69 Å². The van der Waals surface area contributed by atoms with E-state index in [4.69, 9.17) is 10.3 Å². The predicted octanol–water partition coefficient (Wildman–Crippen LogP) is 2.67. The van der Waals surface area contributed by atoms with E-state index in [-0.39, 0.29) is 5.91 Å². The Kier molecular flexibility index (Phi) is 3.31. The monoisotopic (exact) mass is 344 g/mol. The van der Waals surface area contributed by atoms with E-state index >= 15 is 0 Å². The molecule has 4 rings (SSSR count). The highest BCUT2D eigenvalue weighted by atomic mass is 32.1. The second-order valence-corrected chi connectivity index (χ2v) is 7.20. The number of aryl methyl sites for hydroxylation is 2. The highest BCUT2D eigenvalue weighted by Crippen LogP contribution is 2.36. The van der Waals surface area contributed by atoms with E-state index in [1.54, 1.807) is 10.9 Å². The Bertz CT molecular complexity index is 971. The van der Waals surface area contributed by atoms with Gasteiger partial charge in [-0.3, -0.25) is 14.6 Å². The minimum Gasteiger partial charge on any atom is -0.397 e. The Balaban J connectivity index is 1.68. The third kappa shape index (κ3) is 2.34. The molecule has 0 aliphatic heterocycles. The van der Waals surface area contributed by atoms with Crippen molar-refractivity contribution in [1.82, 2.24) is 10.3 Å². The average Bonchev–Trinajstić information content (AvgIpc) is 3.21. The molecule has 3 N–H and O–H groups in total. The number of nitrogens with zero attached hydrogens (tertiary/aromatic N) is 3. The van der Waals surface area contributed by atoms with Crippen molar-refractivity contribution in [3.63, 3.8) is 0 Å². The van der Waals surface area contributed by atoms with Crippen LogP contribution in [0.1, 0.15) is 45.4 Å². The fourth-order valence-corrected chi connectivity index (χ4v) is 3.83. The van der Waals surface area contributed by atoms with Gasteiger partial charge in [-0.15, -0.1) is 11.3 Å². The SMILES string of the molecule is Cc1nc2sc(C(=O)Nc3c[n+](C4CC4)no3)c(N)c2c(C)c1C. The van der Waals surface area contributed by atoms with Gasteiger partial charge in [0.25, 0.3) is 12.1 Å². The molecule has 1 fully saturated rings. The first-order valence-corrected chi connectivity index (χ1v) is 8.62. The quantitative estimate of drug-likeness (QED) is 0.712. The standard InChI is InChI=1S/C16H17N5O2S/c1-7-8(2)12-13(17)14(24-16(12)18-9(7)3)15(22)19-11-6-21(20-23-11)10-4-5-10/h6,10H,4-5H2,1-3H3,(H2-,17,19,20,22)/p+1. The summed E-state index contributed by atoms with van der Waals surface area (Å²) in [6, 6.07) is 0.395. The summed E-state index contributed by atoms with van der Waals surface area (Å²) in [6.07, 6.45) is 3.89. The highest BCUT2D eigenvalue weighted by Gasteiger charge is 2.36. The summed E-state index contributed by atoms with van der Waals surface area (Å²) in [7, 11) is 0. The molecule has 1 aliphatic carbocycles. The number of hydrogen-bond acceptors (Lipinski definition) is 6. The summed E-state index contributed by atoms with van der Waals surface area (Å²) in [5.74, 6) is 0.0186. The number of hydrogen-bond donors (Lipinski definition) is 2. The number of anilines is 2. The van der Waals surface area contributed by atoms with Gasteiger partial charge in [-0.05, 0) is 36.6 Å². The molecule has 3 heterocycles. The molecule has 0 bridgehead atoms. The number of nitrogens with one attached hydrogen (secondary N) is 1. The first-order chi connectivity index (χ1) is 11.5. The summed E-state index contributed by atoms with van der Waals surface area (Å²) >= 11 is 1.30. The fraction of sp³-hybridized carbons (Fsp3) is 0.375. The number of pyridine rings is 1. The molecule has 3 aromatic heterocycles. The number of fused-ring (bicyclic) bond motifs is 1. The molecular weight excluding hydrogens is 326 g/mol. The molecule has 0 unspecified atom stereocenters. The van der Waals surface area contributed by atoms with Crippen molar-refractivity contribution in [3.05, 3.63) is 27.9 Å². The Morgan fingerprint density at radius 2 is 2.12 bits per heavy atom. The molecule has 3 aromatic rings. The van der Waals surface area contributed by atoms with Crippen molar-refractivity contribution in [1.29, 1.82) is 0 Å². The van der Waals surface area contributed by atoms with Gasteiger partial charge in [0.1, 0.15) is 9.71 Å². The van der Waals surface area contributed by atoms with Crippen LogP contribution in [0.5, 0.6) is 0 Å². The first kappa shape index (κ1) is 15.1. The number of nitrogens with two attached hydrogens (primary N) is 1. The maximum atomic E-state index is 12.6.